The lowest BCUT2D eigenvalue weighted by molar-refractivity contribution is 0.0601. The Bertz CT molecular complexity index is 1270. The van der Waals surface area contributed by atoms with Gasteiger partial charge in [0.1, 0.15) is 15.6 Å². The van der Waals surface area contributed by atoms with Gasteiger partial charge >= 0.3 is 11.9 Å². The van der Waals surface area contributed by atoms with Gasteiger partial charge in [0.2, 0.25) is 0 Å². The van der Waals surface area contributed by atoms with Crippen LogP contribution in [0.3, 0.4) is 0 Å². The van der Waals surface area contributed by atoms with Crippen LogP contribution in [-0.2, 0) is 16.0 Å². The SMILES string of the molecule is C=CCn1c(C(=O)Nc2sc(C(=O)OC)c(C)c2C(=O)OC)c(C)c2cc(C(C)C)ccc21. The summed E-state index contributed by atoms with van der Waals surface area (Å²) in [4.78, 5) is 38.4. The number of benzene rings is 1. The molecule has 8 heteroatoms. The number of rotatable bonds is 7. The van der Waals surface area contributed by atoms with E-state index < -0.39 is 11.9 Å². The van der Waals surface area contributed by atoms with Gasteiger partial charge in [-0.3, -0.25) is 4.79 Å². The molecule has 0 bridgehead atoms. The van der Waals surface area contributed by atoms with E-state index in [2.05, 4.69) is 37.9 Å². The van der Waals surface area contributed by atoms with Crippen LogP contribution in [0.15, 0.2) is 30.9 Å². The molecule has 1 aromatic carbocycles. The Morgan fingerprint density at radius 3 is 2.36 bits per heavy atom. The van der Waals surface area contributed by atoms with Crippen molar-refractivity contribution in [2.24, 2.45) is 0 Å². The highest BCUT2D eigenvalue weighted by Crippen LogP contribution is 2.35. The molecule has 0 saturated heterocycles. The van der Waals surface area contributed by atoms with Crippen molar-refractivity contribution in [1.82, 2.24) is 4.57 Å². The Morgan fingerprint density at radius 2 is 1.79 bits per heavy atom. The van der Waals surface area contributed by atoms with E-state index >= 15 is 0 Å². The maximum Gasteiger partial charge on any atom is 0.348 e. The number of nitrogens with one attached hydrogen (secondary N) is 1. The molecule has 2 aromatic heterocycles. The number of nitrogens with zero attached hydrogens (tertiary/aromatic N) is 1. The zero-order valence-electron chi connectivity index (χ0n) is 19.7. The van der Waals surface area contributed by atoms with Crippen molar-refractivity contribution in [1.29, 1.82) is 0 Å². The van der Waals surface area contributed by atoms with Crippen molar-refractivity contribution in [3.8, 4) is 0 Å². The monoisotopic (exact) mass is 468 g/mol. The van der Waals surface area contributed by atoms with Crippen molar-refractivity contribution in [3.05, 3.63) is 63.7 Å². The third kappa shape index (κ3) is 4.30. The van der Waals surface area contributed by atoms with Gasteiger partial charge in [-0.05, 0) is 48.6 Å². The highest BCUT2D eigenvalue weighted by molar-refractivity contribution is 7.18. The molecule has 0 aliphatic carbocycles. The summed E-state index contributed by atoms with van der Waals surface area (Å²) in [5.74, 6) is -1.26. The van der Waals surface area contributed by atoms with E-state index in [9.17, 15) is 14.4 Å². The molecule has 0 saturated carbocycles. The largest absolute Gasteiger partial charge is 0.465 e. The van der Waals surface area contributed by atoms with Crippen LogP contribution in [-0.4, -0.2) is 36.6 Å². The Labute approximate surface area is 197 Å². The molecule has 33 heavy (non-hydrogen) atoms. The molecule has 2 heterocycles. The van der Waals surface area contributed by atoms with Crippen molar-refractivity contribution in [3.63, 3.8) is 0 Å². The highest BCUT2D eigenvalue weighted by atomic mass is 32.1. The Kier molecular flexibility index (Phi) is 7.07. The minimum atomic E-state index is -0.640. The number of methoxy groups -OCH3 is 2. The molecule has 7 nitrogen and oxygen atoms in total. The van der Waals surface area contributed by atoms with Crippen LogP contribution in [0, 0.1) is 13.8 Å². The Balaban J connectivity index is 2.15. The molecule has 0 radical (unpaired) electrons. The third-order valence-electron chi connectivity index (χ3n) is 5.67. The number of hydrogen-bond acceptors (Lipinski definition) is 6. The fourth-order valence-corrected chi connectivity index (χ4v) is 5.02. The molecule has 0 aliphatic rings. The number of aromatic nitrogens is 1. The second kappa shape index (κ2) is 9.62. The van der Waals surface area contributed by atoms with Gasteiger partial charge in [0.05, 0.1) is 19.8 Å². The summed E-state index contributed by atoms with van der Waals surface area (Å²) in [6, 6.07) is 6.19. The van der Waals surface area contributed by atoms with Crippen LogP contribution in [0.1, 0.15) is 67.0 Å². The number of esters is 2. The van der Waals surface area contributed by atoms with Gasteiger partial charge in [-0.1, -0.05) is 26.0 Å². The van der Waals surface area contributed by atoms with E-state index in [1.54, 1.807) is 13.0 Å². The molecular formula is C25H28N2O5S. The predicted octanol–water partition coefficient (Wildman–Crippen LogP) is 5.45. The lowest BCUT2D eigenvalue weighted by Gasteiger charge is -2.10. The van der Waals surface area contributed by atoms with Gasteiger partial charge in [-0.2, -0.15) is 0 Å². The number of hydrogen-bond donors (Lipinski definition) is 1. The van der Waals surface area contributed by atoms with Crippen LogP contribution in [0.4, 0.5) is 5.00 Å². The van der Waals surface area contributed by atoms with Gasteiger partial charge in [0.25, 0.3) is 5.91 Å². The van der Waals surface area contributed by atoms with Crippen LogP contribution in [0.25, 0.3) is 10.9 Å². The summed E-state index contributed by atoms with van der Waals surface area (Å²) in [5.41, 5.74) is 3.94. The molecule has 0 fully saturated rings. The smallest absolute Gasteiger partial charge is 0.348 e. The van der Waals surface area contributed by atoms with Crippen LogP contribution in [0.2, 0.25) is 0 Å². The maximum absolute atomic E-state index is 13.5. The molecule has 0 aliphatic heterocycles. The fourth-order valence-electron chi connectivity index (χ4n) is 3.91. The van der Waals surface area contributed by atoms with Gasteiger partial charge < -0.3 is 19.4 Å². The second-order valence-electron chi connectivity index (χ2n) is 8.00. The van der Waals surface area contributed by atoms with Gasteiger partial charge in [0, 0.05) is 17.4 Å². The van der Waals surface area contributed by atoms with Crippen LogP contribution in [0.5, 0.6) is 0 Å². The third-order valence-corrected chi connectivity index (χ3v) is 6.86. The number of carbonyl (C=O) groups is 3. The number of amides is 1. The zero-order chi connectivity index (χ0) is 24.4. The first-order valence-corrected chi connectivity index (χ1v) is 11.3. The van der Waals surface area contributed by atoms with Crippen LogP contribution >= 0.6 is 11.3 Å². The molecule has 0 spiro atoms. The molecule has 0 atom stereocenters. The standard InChI is InChI=1S/C25H28N2O5S/c1-8-11-27-18-10-9-16(13(2)3)12-17(18)14(4)20(27)22(28)26-23-19(24(29)31-6)15(5)21(33-23)25(30)32-7/h8-10,12-13H,1,11H2,2-7H3,(H,26,28). The van der Waals surface area contributed by atoms with E-state index in [1.807, 2.05) is 17.6 Å². The zero-order valence-corrected chi connectivity index (χ0v) is 20.5. The number of aryl methyl sites for hydroxylation is 1. The quantitative estimate of drug-likeness (QED) is 0.368. The van der Waals surface area contributed by atoms with Crippen molar-refractivity contribution in [2.75, 3.05) is 19.5 Å². The molecule has 1 N–H and O–H groups in total. The first kappa shape index (κ1) is 24.3. The van der Waals surface area contributed by atoms with E-state index in [0.717, 1.165) is 27.8 Å². The average molecular weight is 469 g/mol. The molecule has 0 unspecified atom stereocenters. The number of anilines is 1. The maximum atomic E-state index is 13.5. The van der Waals surface area contributed by atoms with Crippen molar-refractivity contribution < 1.29 is 23.9 Å². The first-order chi connectivity index (χ1) is 15.7. The van der Waals surface area contributed by atoms with Crippen LogP contribution < -0.4 is 5.32 Å². The fraction of sp³-hybridized carbons (Fsp3) is 0.320. The summed E-state index contributed by atoms with van der Waals surface area (Å²) in [6.07, 6.45) is 1.73. The molecule has 3 rings (SSSR count). The normalized spacial score (nSPS) is 11.0. The molecular weight excluding hydrogens is 440 g/mol. The number of thiophene rings is 1. The minimum absolute atomic E-state index is 0.141. The number of fused-ring (bicyclic) bond motifs is 1. The van der Waals surface area contributed by atoms with E-state index in [-0.39, 0.29) is 21.3 Å². The predicted molar refractivity (Wildman–Crippen MR) is 131 cm³/mol. The molecule has 174 valence electrons. The summed E-state index contributed by atoms with van der Waals surface area (Å²) < 4.78 is 11.6. The van der Waals surface area contributed by atoms with Gasteiger partial charge in [-0.15, -0.1) is 17.9 Å². The average Bonchev–Trinajstić information content (AvgIpc) is 3.26. The highest BCUT2D eigenvalue weighted by Gasteiger charge is 2.28. The van der Waals surface area contributed by atoms with E-state index in [1.165, 1.54) is 19.8 Å². The van der Waals surface area contributed by atoms with Gasteiger partial charge in [0.15, 0.2) is 0 Å². The summed E-state index contributed by atoms with van der Waals surface area (Å²) in [6.45, 7) is 12.0. The Morgan fingerprint density at radius 1 is 1.12 bits per heavy atom. The topological polar surface area (TPSA) is 86.6 Å². The summed E-state index contributed by atoms with van der Waals surface area (Å²) in [5, 5.41) is 4.06. The van der Waals surface area contributed by atoms with Gasteiger partial charge in [-0.25, -0.2) is 9.59 Å². The lowest BCUT2D eigenvalue weighted by Crippen LogP contribution is -2.19. The van der Waals surface area contributed by atoms with Crippen molar-refractivity contribution in [2.45, 2.75) is 40.2 Å². The first-order valence-electron chi connectivity index (χ1n) is 10.5. The van der Waals surface area contributed by atoms with Crippen molar-refractivity contribution >= 4 is 45.1 Å². The summed E-state index contributed by atoms with van der Waals surface area (Å²) >= 11 is 0.987. The lowest BCUT2D eigenvalue weighted by atomic mass is 10.0. The number of allylic oxidation sites excluding steroid dienone is 1. The minimum Gasteiger partial charge on any atom is -0.465 e. The van der Waals surface area contributed by atoms with E-state index in [0.29, 0.717) is 23.7 Å². The molecule has 3 aromatic rings. The van der Waals surface area contributed by atoms with E-state index in [4.69, 9.17) is 9.47 Å². The molecule has 1 amide bonds. The second-order valence-corrected chi connectivity index (χ2v) is 9.02. The number of ether oxygens (including phenoxy) is 2. The number of carbonyl (C=O) groups excluding carboxylic acids is 3. The Hall–Kier alpha value is -3.39. The summed E-state index contributed by atoms with van der Waals surface area (Å²) in [7, 11) is 2.52.